The standard InChI is InChI=1S/C20H19FN4O3.ClH/c21-16-7-5-14(6-8-16)20-24-18(25-28-20)12-1-3-13(4-2-12)19(27)23-10-15-9-22-11-17(15)26;/h1-8,15,17,22,26H,9-11H2,(H,23,27);1H. The van der Waals surface area contributed by atoms with Crippen LogP contribution in [0.2, 0.25) is 0 Å². The second kappa shape index (κ2) is 9.13. The summed E-state index contributed by atoms with van der Waals surface area (Å²) in [6, 6.07) is 12.6. The smallest absolute Gasteiger partial charge is 0.258 e. The molecule has 3 aromatic rings. The molecule has 7 nitrogen and oxygen atoms in total. The lowest BCUT2D eigenvalue weighted by atomic mass is 10.1. The van der Waals surface area contributed by atoms with Crippen molar-refractivity contribution in [3.63, 3.8) is 0 Å². The average molecular weight is 419 g/mol. The Hall–Kier alpha value is -2.81. The van der Waals surface area contributed by atoms with Gasteiger partial charge in [0.25, 0.3) is 11.8 Å². The Balaban J connectivity index is 0.00000240. The minimum absolute atomic E-state index is 0. The van der Waals surface area contributed by atoms with Crippen LogP contribution in [-0.2, 0) is 0 Å². The molecule has 0 aliphatic carbocycles. The molecule has 29 heavy (non-hydrogen) atoms. The van der Waals surface area contributed by atoms with Crippen LogP contribution in [0.4, 0.5) is 4.39 Å². The van der Waals surface area contributed by atoms with E-state index in [1.54, 1.807) is 36.4 Å². The molecular formula is C20H20ClFN4O3. The molecule has 152 valence electrons. The topological polar surface area (TPSA) is 100 Å². The molecule has 2 aromatic carbocycles. The van der Waals surface area contributed by atoms with Gasteiger partial charge >= 0.3 is 0 Å². The van der Waals surface area contributed by atoms with Crippen molar-refractivity contribution in [3.05, 3.63) is 59.9 Å². The summed E-state index contributed by atoms with van der Waals surface area (Å²) in [7, 11) is 0. The maximum Gasteiger partial charge on any atom is 0.258 e. The first kappa shape index (κ1) is 20.9. The van der Waals surface area contributed by atoms with Crippen LogP contribution in [0.1, 0.15) is 10.4 Å². The van der Waals surface area contributed by atoms with Crippen LogP contribution in [0, 0.1) is 11.7 Å². The number of amides is 1. The molecule has 0 saturated carbocycles. The van der Waals surface area contributed by atoms with Gasteiger partial charge in [-0.1, -0.05) is 17.3 Å². The van der Waals surface area contributed by atoms with Gasteiger partial charge in [-0.25, -0.2) is 4.39 Å². The minimum Gasteiger partial charge on any atom is -0.391 e. The molecule has 4 rings (SSSR count). The molecule has 2 unspecified atom stereocenters. The number of halogens is 2. The molecule has 9 heteroatoms. The van der Waals surface area contributed by atoms with Crippen LogP contribution in [0.25, 0.3) is 22.8 Å². The predicted molar refractivity (Wildman–Crippen MR) is 107 cm³/mol. The predicted octanol–water partition coefficient (Wildman–Crippen LogP) is 2.27. The van der Waals surface area contributed by atoms with Gasteiger partial charge in [0.2, 0.25) is 5.82 Å². The summed E-state index contributed by atoms with van der Waals surface area (Å²) in [5.41, 5.74) is 1.83. The number of carbonyl (C=O) groups excluding carboxylic acids is 1. The molecule has 0 radical (unpaired) electrons. The Morgan fingerprint density at radius 1 is 1.14 bits per heavy atom. The maximum atomic E-state index is 13.0. The van der Waals surface area contributed by atoms with Gasteiger partial charge in [0.1, 0.15) is 5.82 Å². The van der Waals surface area contributed by atoms with E-state index >= 15 is 0 Å². The van der Waals surface area contributed by atoms with Crippen molar-refractivity contribution in [1.29, 1.82) is 0 Å². The second-order valence-corrected chi connectivity index (χ2v) is 6.70. The van der Waals surface area contributed by atoms with Gasteiger partial charge in [0, 0.05) is 42.2 Å². The quantitative estimate of drug-likeness (QED) is 0.587. The van der Waals surface area contributed by atoms with Crippen LogP contribution in [-0.4, -0.2) is 46.9 Å². The molecule has 0 spiro atoms. The molecular weight excluding hydrogens is 399 g/mol. The molecule has 3 N–H and O–H groups in total. The van der Waals surface area contributed by atoms with Crippen molar-refractivity contribution in [2.75, 3.05) is 19.6 Å². The number of aliphatic hydroxyl groups is 1. The molecule has 0 bridgehead atoms. The molecule has 1 aromatic heterocycles. The third-order valence-electron chi connectivity index (χ3n) is 4.75. The highest BCUT2D eigenvalue weighted by Crippen LogP contribution is 2.22. The van der Waals surface area contributed by atoms with Crippen LogP contribution in [0.5, 0.6) is 0 Å². The Bertz CT molecular complexity index is 963. The molecule has 1 aliphatic rings. The summed E-state index contributed by atoms with van der Waals surface area (Å²) in [6.45, 7) is 1.66. The monoisotopic (exact) mass is 418 g/mol. The largest absolute Gasteiger partial charge is 0.391 e. The van der Waals surface area contributed by atoms with Gasteiger partial charge in [-0.05, 0) is 36.4 Å². The van der Waals surface area contributed by atoms with Crippen molar-refractivity contribution in [2.24, 2.45) is 5.92 Å². The summed E-state index contributed by atoms with van der Waals surface area (Å²) >= 11 is 0. The lowest BCUT2D eigenvalue weighted by molar-refractivity contribution is 0.0927. The Labute approximate surface area is 172 Å². The number of rotatable bonds is 5. The minimum atomic E-state index is -0.434. The first-order valence-corrected chi connectivity index (χ1v) is 8.97. The van der Waals surface area contributed by atoms with E-state index in [-0.39, 0.29) is 30.0 Å². The van der Waals surface area contributed by atoms with Crippen molar-refractivity contribution in [1.82, 2.24) is 20.8 Å². The highest BCUT2D eigenvalue weighted by molar-refractivity contribution is 5.94. The van der Waals surface area contributed by atoms with E-state index in [1.807, 2.05) is 0 Å². The van der Waals surface area contributed by atoms with E-state index in [0.29, 0.717) is 48.0 Å². The zero-order chi connectivity index (χ0) is 19.5. The SMILES string of the molecule is Cl.O=C(NCC1CNCC1O)c1ccc(-c2noc(-c3ccc(F)cc3)n2)cc1. The fourth-order valence-corrected chi connectivity index (χ4v) is 3.07. The van der Waals surface area contributed by atoms with E-state index < -0.39 is 6.10 Å². The third kappa shape index (κ3) is 4.79. The van der Waals surface area contributed by atoms with Gasteiger partial charge in [-0.3, -0.25) is 4.79 Å². The van der Waals surface area contributed by atoms with Gasteiger partial charge in [0.05, 0.1) is 6.10 Å². The Morgan fingerprint density at radius 2 is 1.83 bits per heavy atom. The number of nitrogens with zero attached hydrogens (tertiary/aromatic N) is 2. The zero-order valence-corrected chi connectivity index (χ0v) is 16.2. The first-order chi connectivity index (χ1) is 13.6. The molecule has 2 heterocycles. The molecule has 1 fully saturated rings. The average Bonchev–Trinajstić information content (AvgIpc) is 3.36. The van der Waals surface area contributed by atoms with Gasteiger partial charge in [-0.15, -0.1) is 12.4 Å². The number of aromatic nitrogens is 2. The fraction of sp³-hybridized carbons (Fsp3) is 0.250. The molecule has 1 aliphatic heterocycles. The molecule has 1 amide bonds. The highest BCUT2D eigenvalue weighted by Gasteiger charge is 2.25. The summed E-state index contributed by atoms with van der Waals surface area (Å²) < 4.78 is 18.3. The number of hydrogen-bond donors (Lipinski definition) is 3. The normalized spacial score (nSPS) is 18.3. The van der Waals surface area contributed by atoms with Crippen LogP contribution in [0.15, 0.2) is 53.1 Å². The number of benzene rings is 2. The van der Waals surface area contributed by atoms with Gasteiger partial charge in [0.15, 0.2) is 0 Å². The van der Waals surface area contributed by atoms with Gasteiger partial charge < -0.3 is 20.3 Å². The number of nitrogens with one attached hydrogen (secondary N) is 2. The van der Waals surface area contributed by atoms with E-state index in [9.17, 15) is 14.3 Å². The third-order valence-corrected chi connectivity index (χ3v) is 4.75. The zero-order valence-electron chi connectivity index (χ0n) is 15.3. The van der Waals surface area contributed by atoms with Crippen LogP contribution < -0.4 is 10.6 Å². The molecule has 2 atom stereocenters. The number of carbonyl (C=O) groups is 1. The first-order valence-electron chi connectivity index (χ1n) is 8.97. The number of hydrogen-bond acceptors (Lipinski definition) is 6. The van der Waals surface area contributed by atoms with Gasteiger partial charge in [-0.2, -0.15) is 4.98 Å². The van der Waals surface area contributed by atoms with Crippen LogP contribution in [0.3, 0.4) is 0 Å². The summed E-state index contributed by atoms with van der Waals surface area (Å²) in [5.74, 6) is 0.154. The van der Waals surface area contributed by atoms with Crippen molar-refractivity contribution < 1.29 is 18.8 Å². The Morgan fingerprint density at radius 3 is 2.48 bits per heavy atom. The molecule has 1 saturated heterocycles. The van der Waals surface area contributed by atoms with E-state index in [2.05, 4.69) is 20.8 Å². The van der Waals surface area contributed by atoms with Crippen LogP contribution >= 0.6 is 12.4 Å². The summed E-state index contributed by atoms with van der Waals surface area (Å²) in [6.07, 6.45) is -0.434. The Kier molecular flexibility index (Phi) is 6.58. The second-order valence-electron chi connectivity index (χ2n) is 6.70. The van der Waals surface area contributed by atoms with Crippen molar-refractivity contribution in [3.8, 4) is 22.8 Å². The fourth-order valence-electron chi connectivity index (χ4n) is 3.07. The summed E-state index contributed by atoms with van der Waals surface area (Å²) in [4.78, 5) is 16.6. The highest BCUT2D eigenvalue weighted by atomic mass is 35.5. The van der Waals surface area contributed by atoms with Crippen molar-refractivity contribution >= 4 is 18.3 Å². The summed E-state index contributed by atoms with van der Waals surface area (Å²) in [5, 5.41) is 19.6. The van der Waals surface area contributed by atoms with E-state index in [1.165, 1.54) is 12.1 Å². The number of β-amino-alcohol motifs (C(OH)–C–C–N with tert-alkyl or cyclic N) is 1. The van der Waals surface area contributed by atoms with E-state index in [4.69, 9.17) is 4.52 Å². The lowest BCUT2D eigenvalue weighted by Crippen LogP contribution is -2.34. The van der Waals surface area contributed by atoms with E-state index in [0.717, 1.165) is 0 Å². The lowest BCUT2D eigenvalue weighted by Gasteiger charge is -2.14. The maximum absolute atomic E-state index is 13.0. The number of aliphatic hydroxyl groups excluding tert-OH is 1. The van der Waals surface area contributed by atoms with Crippen molar-refractivity contribution in [2.45, 2.75) is 6.10 Å².